The maximum Gasteiger partial charge on any atom is 0.245 e. The Balaban J connectivity index is 1.43. The highest BCUT2D eigenvalue weighted by Crippen LogP contribution is 2.44. The monoisotopic (exact) mass is 367 g/mol. The van der Waals surface area contributed by atoms with Crippen LogP contribution < -0.4 is 5.32 Å². The fourth-order valence-corrected chi connectivity index (χ4v) is 4.18. The first-order valence-electron chi connectivity index (χ1n) is 9.16. The average Bonchev–Trinajstić information content (AvgIpc) is 3.18. The number of fused-ring (bicyclic) bond motifs is 1. The van der Waals surface area contributed by atoms with Crippen molar-refractivity contribution in [2.45, 2.75) is 32.1 Å². The largest absolute Gasteiger partial charge is 0.360 e. The lowest BCUT2D eigenvalue weighted by Crippen LogP contribution is -2.38. The van der Waals surface area contributed by atoms with E-state index in [1.165, 1.54) is 5.56 Å². The molecule has 1 saturated heterocycles. The zero-order chi connectivity index (χ0) is 19.0. The Morgan fingerprint density at radius 2 is 1.93 bits per heavy atom. The Hall–Kier alpha value is -2.96. The third kappa shape index (κ3) is 3.37. The minimum Gasteiger partial charge on any atom is -0.360 e. The van der Waals surface area contributed by atoms with E-state index in [2.05, 4.69) is 22.6 Å². The second-order valence-electron chi connectivity index (χ2n) is 7.27. The molecule has 1 saturated carbocycles. The van der Waals surface area contributed by atoms with Crippen LogP contribution in [0.5, 0.6) is 0 Å². The van der Waals surface area contributed by atoms with E-state index in [4.69, 9.17) is 4.52 Å². The number of aryl methyl sites for hydroxylation is 1. The van der Waals surface area contributed by atoms with Gasteiger partial charge in [-0.25, -0.2) is 0 Å². The van der Waals surface area contributed by atoms with Gasteiger partial charge in [-0.1, -0.05) is 35.5 Å². The van der Waals surface area contributed by atoms with Crippen molar-refractivity contribution in [3.63, 3.8) is 0 Å². The highest BCUT2D eigenvalue weighted by atomic mass is 16.5. The van der Waals surface area contributed by atoms with Crippen molar-refractivity contribution in [1.82, 2.24) is 10.1 Å². The van der Waals surface area contributed by atoms with E-state index in [0.29, 0.717) is 18.6 Å². The van der Waals surface area contributed by atoms with Crippen LogP contribution in [-0.2, 0) is 14.4 Å². The lowest BCUT2D eigenvalue weighted by molar-refractivity contribution is -0.142. The van der Waals surface area contributed by atoms with Gasteiger partial charge in [0.2, 0.25) is 17.7 Å². The van der Waals surface area contributed by atoms with Crippen LogP contribution >= 0.6 is 0 Å². The first kappa shape index (κ1) is 17.5. The number of carbonyl (C=O) groups is 3. The Morgan fingerprint density at radius 1 is 1.19 bits per heavy atom. The molecule has 2 aliphatic rings. The molecule has 0 unspecified atom stereocenters. The first-order chi connectivity index (χ1) is 13.0. The van der Waals surface area contributed by atoms with Crippen LogP contribution in [0.3, 0.4) is 0 Å². The number of nitrogens with zero attached hydrogens (tertiary/aromatic N) is 2. The Labute approximate surface area is 156 Å². The molecular weight excluding hydrogens is 346 g/mol. The van der Waals surface area contributed by atoms with Gasteiger partial charge < -0.3 is 9.84 Å². The molecule has 7 heteroatoms. The number of carbonyl (C=O) groups excluding carboxylic acids is 3. The van der Waals surface area contributed by atoms with E-state index >= 15 is 0 Å². The summed E-state index contributed by atoms with van der Waals surface area (Å²) >= 11 is 0. The van der Waals surface area contributed by atoms with Crippen molar-refractivity contribution in [1.29, 1.82) is 0 Å². The molecular formula is C20H21N3O4. The normalized spacial score (nSPS) is 24.8. The molecule has 1 N–H and O–H groups in total. The molecule has 1 aromatic heterocycles. The van der Waals surface area contributed by atoms with Crippen LogP contribution in [0.4, 0.5) is 5.82 Å². The molecule has 3 amide bonds. The molecule has 7 nitrogen and oxygen atoms in total. The fourth-order valence-electron chi connectivity index (χ4n) is 4.18. The SMILES string of the molecule is Cc1cc(NC(=O)CN2C(=O)[C@H]3CC[C@H](c4ccccc4)C[C@@H]3C2=O)no1. The number of nitrogens with one attached hydrogen (secondary N) is 1. The van der Waals surface area contributed by atoms with E-state index in [9.17, 15) is 14.4 Å². The highest BCUT2D eigenvalue weighted by Gasteiger charge is 2.50. The zero-order valence-corrected chi connectivity index (χ0v) is 15.1. The lowest BCUT2D eigenvalue weighted by atomic mass is 9.73. The lowest BCUT2D eigenvalue weighted by Gasteiger charge is -2.28. The van der Waals surface area contributed by atoms with E-state index in [1.54, 1.807) is 13.0 Å². The predicted molar refractivity (Wildman–Crippen MR) is 96.6 cm³/mol. The van der Waals surface area contributed by atoms with Crippen LogP contribution in [0.2, 0.25) is 0 Å². The molecule has 1 aromatic carbocycles. The summed E-state index contributed by atoms with van der Waals surface area (Å²) in [6.45, 7) is 1.43. The summed E-state index contributed by atoms with van der Waals surface area (Å²) in [4.78, 5) is 38.8. The van der Waals surface area contributed by atoms with E-state index < -0.39 is 5.91 Å². The van der Waals surface area contributed by atoms with Crippen LogP contribution in [0.25, 0.3) is 0 Å². The standard InChI is InChI=1S/C20H21N3O4/c1-12-9-17(22-27-12)21-18(24)11-23-19(25)15-8-7-14(10-16(15)20(23)26)13-5-3-2-4-6-13/h2-6,9,14-16H,7-8,10-11H2,1H3,(H,21,22,24)/t14-,15-,16-/m0/s1. The van der Waals surface area contributed by atoms with Gasteiger partial charge in [0.05, 0.1) is 11.8 Å². The van der Waals surface area contributed by atoms with Gasteiger partial charge in [0.25, 0.3) is 0 Å². The van der Waals surface area contributed by atoms with Gasteiger partial charge in [-0.2, -0.15) is 0 Å². The van der Waals surface area contributed by atoms with Crippen LogP contribution in [0.1, 0.15) is 36.5 Å². The number of rotatable bonds is 4. The Kier molecular flexibility index (Phi) is 4.51. The first-order valence-corrected chi connectivity index (χ1v) is 9.16. The van der Waals surface area contributed by atoms with Crippen LogP contribution in [-0.4, -0.2) is 34.3 Å². The minimum atomic E-state index is -0.455. The number of anilines is 1. The summed E-state index contributed by atoms with van der Waals surface area (Å²) in [5.74, 6) is -0.452. The van der Waals surface area contributed by atoms with E-state index in [0.717, 1.165) is 11.3 Å². The summed E-state index contributed by atoms with van der Waals surface area (Å²) in [5.41, 5.74) is 1.20. The van der Waals surface area contributed by atoms with Gasteiger partial charge in [-0.3, -0.25) is 19.3 Å². The second-order valence-corrected chi connectivity index (χ2v) is 7.27. The molecule has 4 rings (SSSR count). The maximum absolute atomic E-state index is 12.8. The number of imide groups is 1. The third-order valence-electron chi connectivity index (χ3n) is 5.48. The van der Waals surface area contributed by atoms with Crippen molar-refractivity contribution in [3.05, 3.63) is 47.7 Å². The molecule has 140 valence electrons. The third-order valence-corrected chi connectivity index (χ3v) is 5.48. The molecule has 0 bridgehead atoms. The number of aromatic nitrogens is 1. The van der Waals surface area contributed by atoms with Gasteiger partial charge in [-0.05, 0) is 37.7 Å². The maximum atomic E-state index is 12.8. The summed E-state index contributed by atoms with van der Waals surface area (Å²) in [5, 5.41) is 6.25. The smallest absolute Gasteiger partial charge is 0.245 e. The number of amides is 3. The predicted octanol–water partition coefficient (Wildman–Crippen LogP) is 2.49. The Morgan fingerprint density at radius 3 is 2.63 bits per heavy atom. The van der Waals surface area contributed by atoms with Gasteiger partial charge in [0.1, 0.15) is 12.3 Å². The molecule has 2 aromatic rings. The Bertz CT molecular complexity index is 876. The zero-order valence-electron chi connectivity index (χ0n) is 15.1. The molecule has 0 radical (unpaired) electrons. The summed E-state index contributed by atoms with van der Waals surface area (Å²) < 4.78 is 4.90. The van der Waals surface area contributed by atoms with Gasteiger partial charge in [0.15, 0.2) is 5.82 Å². The second kappa shape index (κ2) is 6.98. The van der Waals surface area contributed by atoms with Crippen molar-refractivity contribution in [2.24, 2.45) is 11.8 Å². The molecule has 2 heterocycles. The molecule has 1 aliphatic carbocycles. The van der Waals surface area contributed by atoms with E-state index in [1.807, 2.05) is 18.2 Å². The number of hydrogen-bond donors (Lipinski definition) is 1. The van der Waals surface area contributed by atoms with Crippen LogP contribution in [0, 0.1) is 18.8 Å². The molecule has 2 fully saturated rings. The topological polar surface area (TPSA) is 92.5 Å². The number of hydrogen-bond acceptors (Lipinski definition) is 5. The molecule has 27 heavy (non-hydrogen) atoms. The van der Waals surface area contributed by atoms with Crippen molar-refractivity contribution < 1.29 is 18.9 Å². The fraction of sp³-hybridized carbons (Fsp3) is 0.400. The van der Waals surface area contributed by atoms with Crippen molar-refractivity contribution in [2.75, 3.05) is 11.9 Å². The van der Waals surface area contributed by atoms with Gasteiger partial charge in [0, 0.05) is 6.07 Å². The summed E-state index contributed by atoms with van der Waals surface area (Å²) in [6.07, 6.45) is 2.21. The van der Waals surface area contributed by atoms with Gasteiger partial charge >= 0.3 is 0 Å². The van der Waals surface area contributed by atoms with E-state index in [-0.39, 0.29) is 41.9 Å². The molecule has 0 spiro atoms. The highest BCUT2D eigenvalue weighted by molar-refractivity contribution is 6.08. The van der Waals surface area contributed by atoms with Crippen LogP contribution in [0.15, 0.2) is 40.9 Å². The summed E-state index contributed by atoms with van der Waals surface area (Å²) in [7, 11) is 0. The average molecular weight is 367 g/mol. The van der Waals surface area contributed by atoms with Crippen molar-refractivity contribution in [3.8, 4) is 0 Å². The quantitative estimate of drug-likeness (QED) is 0.838. The van der Waals surface area contributed by atoms with Crippen molar-refractivity contribution >= 4 is 23.5 Å². The summed E-state index contributed by atoms with van der Waals surface area (Å²) in [6, 6.07) is 11.7. The molecule has 3 atom stereocenters. The number of benzene rings is 1. The number of likely N-dealkylation sites (tertiary alicyclic amines) is 1. The molecule has 1 aliphatic heterocycles. The minimum absolute atomic E-state index is 0.233. The van der Waals surface area contributed by atoms with Gasteiger partial charge in [-0.15, -0.1) is 0 Å².